The summed E-state index contributed by atoms with van der Waals surface area (Å²) in [6.45, 7) is 18.3. The maximum Gasteiger partial charge on any atom is 0.328 e. The van der Waals surface area contributed by atoms with Crippen LogP contribution in [0.4, 0.5) is 0 Å². The third kappa shape index (κ3) is 8.91. The Bertz CT molecular complexity index is 922. The van der Waals surface area contributed by atoms with Gasteiger partial charge in [-0.1, -0.05) is 53.9 Å². The van der Waals surface area contributed by atoms with Gasteiger partial charge < -0.3 is 31.1 Å². The molecule has 4 fully saturated rings. The number of hydrogen-bond donors (Lipinski definition) is 4. The molecule has 0 saturated heterocycles. The maximum atomic E-state index is 13.7. The molecule has 0 amide bonds. The first-order chi connectivity index (χ1) is 20.9. The van der Waals surface area contributed by atoms with Gasteiger partial charge in [-0.3, -0.25) is 4.57 Å². The molecule has 0 bridgehead atoms. The third-order valence-corrected chi connectivity index (χ3v) is 14.5. The van der Waals surface area contributed by atoms with Gasteiger partial charge >= 0.3 is 7.60 Å². The zero-order valence-electron chi connectivity index (χ0n) is 29.5. The van der Waals surface area contributed by atoms with Gasteiger partial charge in [-0.15, -0.1) is 0 Å². The van der Waals surface area contributed by atoms with E-state index in [1.165, 1.54) is 64.2 Å². The van der Waals surface area contributed by atoms with Gasteiger partial charge in [-0.25, -0.2) is 0 Å². The fraction of sp³-hybridized carbons (Fsp3) is 1.00. The van der Waals surface area contributed by atoms with E-state index in [0.717, 1.165) is 61.3 Å². The summed E-state index contributed by atoms with van der Waals surface area (Å²) in [4.78, 5) is 0. The van der Waals surface area contributed by atoms with Gasteiger partial charge in [0, 0.05) is 32.8 Å². The fourth-order valence-electron chi connectivity index (χ4n) is 10.9. The first kappa shape index (κ1) is 36.8. The van der Waals surface area contributed by atoms with Crippen molar-refractivity contribution in [2.75, 3.05) is 45.9 Å². The molecular weight excluding hydrogens is 567 g/mol. The molecule has 4 rings (SSSR count). The van der Waals surface area contributed by atoms with Crippen LogP contribution in [-0.2, 0) is 13.6 Å². The molecule has 0 spiro atoms. The Morgan fingerprint density at radius 3 is 2.25 bits per heavy atom. The first-order valence-corrected chi connectivity index (χ1v) is 20.7. The molecule has 11 unspecified atom stereocenters. The SMILES string of the molecule is CC(C)CCCC(C)C1CCC2C3CCC4CC(OP(C)(=O)OC(CNCCN)CNCCCN)CCC4(C)C3CCC12C. The summed E-state index contributed by atoms with van der Waals surface area (Å²) in [5, 5.41) is 6.71. The second-order valence-electron chi connectivity index (χ2n) is 16.5. The van der Waals surface area contributed by atoms with Gasteiger partial charge in [0.2, 0.25) is 0 Å². The number of nitrogens with two attached hydrogens (primary N) is 2. The Morgan fingerprint density at radius 1 is 0.841 bits per heavy atom. The smallest absolute Gasteiger partial charge is 0.328 e. The summed E-state index contributed by atoms with van der Waals surface area (Å²) in [7, 11) is -3.21. The zero-order valence-corrected chi connectivity index (χ0v) is 30.4. The molecule has 4 aliphatic rings. The van der Waals surface area contributed by atoms with Crippen molar-refractivity contribution in [1.82, 2.24) is 10.6 Å². The first-order valence-electron chi connectivity index (χ1n) is 18.7. The van der Waals surface area contributed by atoms with E-state index in [9.17, 15) is 4.57 Å². The molecule has 11 atom stereocenters. The molecular formula is C36H71N4O3P. The predicted octanol–water partition coefficient (Wildman–Crippen LogP) is 7.19. The molecule has 258 valence electrons. The quantitative estimate of drug-likeness (QED) is 0.0929. The lowest BCUT2D eigenvalue weighted by Gasteiger charge is -2.61. The van der Waals surface area contributed by atoms with E-state index in [0.29, 0.717) is 49.5 Å². The maximum absolute atomic E-state index is 13.7. The van der Waals surface area contributed by atoms with Crippen LogP contribution in [0.15, 0.2) is 0 Å². The molecule has 0 aromatic rings. The van der Waals surface area contributed by atoms with Crippen molar-refractivity contribution in [3.05, 3.63) is 0 Å². The predicted molar refractivity (Wildman–Crippen MR) is 185 cm³/mol. The summed E-state index contributed by atoms with van der Waals surface area (Å²) in [6, 6.07) is 0. The largest absolute Gasteiger partial charge is 0.330 e. The number of fused-ring (bicyclic) bond motifs is 5. The molecule has 44 heavy (non-hydrogen) atoms. The Hall–Kier alpha value is -0.0100. The summed E-state index contributed by atoms with van der Waals surface area (Å²) in [5.41, 5.74) is 12.3. The normalized spacial score (nSPS) is 38.0. The minimum atomic E-state index is -3.21. The van der Waals surface area contributed by atoms with Gasteiger partial charge in [0.25, 0.3) is 0 Å². The van der Waals surface area contributed by atoms with Crippen molar-refractivity contribution >= 4 is 7.60 Å². The van der Waals surface area contributed by atoms with E-state index in [-0.39, 0.29) is 12.2 Å². The Morgan fingerprint density at radius 2 is 1.55 bits per heavy atom. The minimum Gasteiger partial charge on any atom is -0.330 e. The average molecular weight is 639 g/mol. The lowest BCUT2D eigenvalue weighted by atomic mass is 9.44. The van der Waals surface area contributed by atoms with Crippen LogP contribution in [0.1, 0.15) is 118 Å². The molecule has 8 heteroatoms. The highest BCUT2D eigenvalue weighted by Crippen LogP contribution is 2.69. The van der Waals surface area contributed by atoms with E-state index in [4.69, 9.17) is 20.5 Å². The zero-order chi connectivity index (χ0) is 32.0. The fourth-order valence-corrected chi connectivity index (χ4v) is 12.4. The molecule has 0 heterocycles. The minimum absolute atomic E-state index is 0.0275. The highest BCUT2D eigenvalue weighted by molar-refractivity contribution is 7.53. The van der Waals surface area contributed by atoms with E-state index in [1.54, 1.807) is 6.66 Å². The van der Waals surface area contributed by atoms with Crippen LogP contribution in [0.2, 0.25) is 0 Å². The van der Waals surface area contributed by atoms with Crippen LogP contribution in [0.3, 0.4) is 0 Å². The number of nitrogens with one attached hydrogen (secondary N) is 2. The van der Waals surface area contributed by atoms with Gasteiger partial charge in [0.05, 0.1) is 12.2 Å². The van der Waals surface area contributed by atoms with Crippen LogP contribution >= 0.6 is 7.60 Å². The van der Waals surface area contributed by atoms with Crippen molar-refractivity contribution in [3.8, 4) is 0 Å². The second kappa shape index (κ2) is 16.4. The lowest BCUT2D eigenvalue weighted by molar-refractivity contribution is -0.127. The van der Waals surface area contributed by atoms with Crippen LogP contribution in [0.5, 0.6) is 0 Å². The third-order valence-electron chi connectivity index (χ3n) is 13.1. The number of rotatable bonds is 18. The van der Waals surface area contributed by atoms with Crippen LogP contribution < -0.4 is 22.1 Å². The van der Waals surface area contributed by atoms with Crippen LogP contribution in [0, 0.1) is 52.3 Å². The standard InChI is InChI=1S/C36H71N4O3P/c1-26(2)9-7-10-27(3)32-13-14-33-31-12-11-28-23-29(15-17-35(28,4)34(31)16-18-36(32,33)5)42-44(6,41)43-30(25-40-22-20-38)24-39-21-8-19-37/h26-34,39-40H,7-25,37-38H2,1-6H3. The average Bonchev–Trinajstić information content (AvgIpc) is 3.32. The Labute approximate surface area is 271 Å². The van der Waals surface area contributed by atoms with Gasteiger partial charge in [-0.05, 0) is 130 Å². The van der Waals surface area contributed by atoms with Crippen molar-refractivity contribution in [2.45, 2.75) is 130 Å². The van der Waals surface area contributed by atoms with Crippen LogP contribution in [0.25, 0.3) is 0 Å². The second-order valence-corrected chi connectivity index (χ2v) is 18.5. The lowest BCUT2D eigenvalue weighted by Crippen LogP contribution is -2.54. The summed E-state index contributed by atoms with van der Waals surface area (Å²) in [6.07, 6.45) is 16.6. The molecule has 7 nitrogen and oxygen atoms in total. The van der Waals surface area contributed by atoms with E-state index in [2.05, 4.69) is 45.3 Å². The topological polar surface area (TPSA) is 112 Å². The summed E-state index contributed by atoms with van der Waals surface area (Å²) >= 11 is 0. The van der Waals surface area contributed by atoms with Crippen molar-refractivity contribution in [1.29, 1.82) is 0 Å². The molecule has 0 radical (unpaired) electrons. The van der Waals surface area contributed by atoms with E-state index < -0.39 is 7.60 Å². The van der Waals surface area contributed by atoms with Gasteiger partial charge in [0.15, 0.2) is 0 Å². The van der Waals surface area contributed by atoms with E-state index >= 15 is 0 Å². The van der Waals surface area contributed by atoms with Gasteiger partial charge in [0.1, 0.15) is 0 Å². The van der Waals surface area contributed by atoms with Crippen LogP contribution in [-0.4, -0.2) is 58.1 Å². The molecule has 4 aliphatic carbocycles. The van der Waals surface area contributed by atoms with Crippen molar-refractivity contribution in [3.63, 3.8) is 0 Å². The molecule has 4 saturated carbocycles. The Kier molecular flexibility index (Phi) is 13.7. The van der Waals surface area contributed by atoms with Crippen molar-refractivity contribution in [2.24, 2.45) is 63.7 Å². The summed E-state index contributed by atoms with van der Waals surface area (Å²) in [5.74, 6) is 5.93. The van der Waals surface area contributed by atoms with Gasteiger partial charge in [-0.2, -0.15) is 0 Å². The highest BCUT2D eigenvalue weighted by atomic mass is 31.2. The highest BCUT2D eigenvalue weighted by Gasteiger charge is 2.60. The molecule has 6 N–H and O–H groups in total. The molecule has 0 aromatic carbocycles. The number of hydrogen-bond acceptors (Lipinski definition) is 7. The Balaban J connectivity index is 1.33. The monoisotopic (exact) mass is 639 g/mol. The summed E-state index contributed by atoms with van der Waals surface area (Å²) < 4.78 is 26.2. The van der Waals surface area contributed by atoms with E-state index in [1.807, 2.05) is 0 Å². The molecule has 0 aliphatic heterocycles. The van der Waals surface area contributed by atoms with Crippen molar-refractivity contribution < 1.29 is 13.6 Å². The molecule has 0 aromatic heterocycles.